The molecular weight excluding hydrogens is 332 g/mol. The second-order valence-corrected chi connectivity index (χ2v) is 6.33. The first-order valence-corrected chi connectivity index (χ1v) is 8.30. The number of carbonyl (C=O) groups is 1. The molecule has 116 valence electrons. The van der Waals surface area contributed by atoms with E-state index >= 15 is 0 Å². The number of nitrogens with one attached hydrogen (secondary N) is 2. The van der Waals surface area contributed by atoms with E-state index in [-0.39, 0.29) is 5.91 Å². The lowest BCUT2D eigenvalue weighted by Gasteiger charge is -2.39. The number of amides is 1. The van der Waals surface area contributed by atoms with E-state index in [1.807, 2.05) is 6.07 Å². The first kappa shape index (κ1) is 16.4. The number of halogens is 1. The predicted octanol–water partition coefficient (Wildman–Crippen LogP) is 2.25. The summed E-state index contributed by atoms with van der Waals surface area (Å²) in [5.74, 6) is 0.596. The Labute approximate surface area is 134 Å². The van der Waals surface area contributed by atoms with Crippen LogP contribution in [0, 0.1) is 0 Å². The van der Waals surface area contributed by atoms with Gasteiger partial charge in [-0.2, -0.15) is 0 Å². The van der Waals surface area contributed by atoms with Gasteiger partial charge in [0.15, 0.2) is 0 Å². The summed E-state index contributed by atoms with van der Waals surface area (Å²) >= 11 is 3.33. The van der Waals surface area contributed by atoms with Crippen molar-refractivity contribution in [3.63, 3.8) is 0 Å². The molecule has 6 heteroatoms. The number of pyridine rings is 1. The summed E-state index contributed by atoms with van der Waals surface area (Å²) in [5, 5.41) is 6.40. The number of anilines is 1. The third kappa shape index (κ3) is 4.76. The van der Waals surface area contributed by atoms with Gasteiger partial charge >= 0.3 is 0 Å². The quantitative estimate of drug-likeness (QED) is 0.851. The first-order chi connectivity index (χ1) is 10.1. The highest BCUT2D eigenvalue weighted by atomic mass is 79.9. The number of aromatic nitrogens is 1. The number of hydrogen-bond acceptors (Lipinski definition) is 4. The van der Waals surface area contributed by atoms with Crippen molar-refractivity contribution in [1.82, 2.24) is 15.2 Å². The Morgan fingerprint density at radius 3 is 2.90 bits per heavy atom. The van der Waals surface area contributed by atoms with E-state index in [2.05, 4.69) is 50.3 Å². The van der Waals surface area contributed by atoms with Crippen LogP contribution in [0.1, 0.15) is 26.7 Å². The van der Waals surface area contributed by atoms with Gasteiger partial charge in [-0.15, -0.1) is 0 Å². The smallest absolute Gasteiger partial charge is 0.239 e. The Hall–Kier alpha value is -0.980. The van der Waals surface area contributed by atoms with Crippen molar-refractivity contribution in [3.05, 3.63) is 22.8 Å². The van der Waals surface area contributed by atoms with Crippen LogP contribution in [0.4, 0.5) is 5.82 Å². The second kappa shape index (κ2) is 7.87. The molecule has 1 aliphatic heterocycles. The van der Waals surface area contributed by atoms with Crippen LogP contribution >= 0.6 is 15.9 Å². The van der Waals surface area contributed by atoms with E-state index in [9.17, 15) is 4.79 Å². The molecule has 2 heterocycles. The van der Waals surface area contributed by atoms with Gasteiger partial charge < -0.3 is 10.6 Å². The van der Waals surface area contributed by atoms with E-state index in [1.54, 1.807) is 12.3 Å². The van der Waals surface area contributed by atoms with Gasteiger partial charge in [0.25, 0.3) is 0 Å². The maximum absolute atomic E-state index is 12.2. The van der Waals surface area contributed by atoms with Crippen LogP contribution in [-0.2, 0) is 4.79 Å². The highest BCUT2D eigenvalue weighted by Crippen LogP contribution is 2.13. The standard InChI is InChI=1S/C15H23BrN4O/c1-3-12-9-20(13(4-2)8-17-12)10-15(21)19-14-6-5-11(16)7-18-14/h5-7,12-13,17H,3-4,8-10H2,1-2H3,(H,18,19,21). The summed E-state index contributed by atoms with van der Waals surface area (Å²) in [4.78, 5) is 18.6. The maximum Gasteiger partial charge on any atom is 0.239 e. The molecular formula is C15H23BrN4O. The largest absolute Gasteiger partial charge is 0.311 e. The first-order valence-electron chi connectivity index (χ1n) is 7.51. The van der Waals surface area contributed by atoms with E-state index < -0.39 is 0 Å². The van der Waals surface area contributed by atoms with Gasteiger partial charge in [-0.25, -0.2) is 4.98 Å². The fourth-order valence-corrected chi connectivity index (χ4v) is 2.85. The highest BCUT2D eigenvalue weighted by molar-refractivity contribution is 9.10. The van der Waals surface area contributed by atoms with Gasteiger partial charge in [0, 0.05) is 35.8 Å². The Morgan fingerprint density at radius 1 is 1.48 bits per heavy atom. The van der Waals surface area contributed by atoms with Crippen LogP contribution in [0.25, 0.3) is 0 Å². The number of rotatable bonds is 5. The number of carbonyl (C=O) groups excluding carboxylic acids is 1. The number of piperazine rings is 1. The van der Waals surface area contributed by atoms with Crippen molar-refractivity contribution in [3.8, 4) is 0 Å². The molecule has 5 nitrogen and oxygen atoms in total. The van der Waals surface area contributed by atoms with Crippen LogP contribution < -0.4 is 10.6 Å². The second-order valence-electron chi connectivity index (χ2n) is 5.41. The zero-order valence-electron chi connectivity index (χ0n) is 12.6. The summed E-state index contributed by atoms with van der Waals surface area (Å²) in [6.07, 6.45) is 3.82. The molecule has 1 amide bonds. The van der Waals surface area contributed by atoms with Gasteiger partial charge in [0.1, 0.15) is 5.82 Å². The Balaban J connectivity index is 1.91. The number of hydrogen-bond donors (Lipinski definition) is 2. The zero-order valence-corrected chi connectivity index (χ0v) is 14.2. The van der Waals surface area contributed by atoms with Crippen LogP contribution in [0.2, 0.25) is 0 Å². The van der Waals surface area contributed by atoms with Crippen LogP contribution in [0.5, 0.6) is 0 Å². The van der Waals surface area contributed by atoms with Crippen molar-refractivity contribution in [2.75, 3.05) is 25.0 Å². The minimum Gasteiger partial charge on any atom is -0.311 e. The van der Waals surface area contributed by atoms with E-state index in [0.29, 0.717) is 24.4 Å². The van der Waals surface area contributed by atoms with E-state index in [1.165, 1.54) is 0 Å². The lowest BCUT2D eigenvalue weighted by molar-refractivity contribution is -0.118. The minimum atomic E-state index is 0.0000236. The molecule has 0 aliphatic carbocycles. The zero-order chi connectivity index (χ0) is 15.2. The highest BCUT2D eigenvalue weighted by Gasteiger charge is 2.27. The maximum atomic E-state index is 12.2. The molecule has 2 unspecified atom stereocenters. The predicted molar refractivity (Wildman–Crippen MR) is 88.3 cm³/mol. The fourth-order valence-electron chi connectivity index (χ4n) is 2.61. The summed E-state index contributed by atoms with van der Waals surface area (Å²) in [7, 11) is 0. The fraction of sp³-hybridized carbons (Fsp3) is 0.600. The molecule has 2 rings (SSSR count). The third-order valence-electron chi connectivity index (χ3n) is 3.92. The monoisotopic (exact) mass is 354 g/mol. The Morgan fingerprint density at radius 2 is 2.29 bits per heavy atom. The summed E-state index contributed by atoms with van der Waals surface area (Å²) in [6, 6.07) is 4.57. The average Bonchev–Trinajstić information content (AvgIpc) is 2.49. The van der Waals surface area contributed by atoms with Crippen molar-refractivity contribution in [2.45, 2.75) is 38.8 Å². The molecule has 0 radical (unpaired) electrons. The molecule has 2 N–H and O–H groups in total. The SMILES string of the molecule is CCC1CN(CC(=O)Nc2ccc(Br)cn2)C(CC)CN1. The Kier molecular flexibility index (Phi) is 6.14. The summed E-state index contributed by atoms with van der Waals surface area (Å²) < 4.78 is 0.902. The molecule has 0 aromatic carbocycles. The number of nitrogens with zero attached hydrogens (tertiary/aromatic N) is 2. The van der Waals surface area contributed by atoms with Gasteiger partial charge in [-0.3, -0.25) is 9.69 Å². The van der Waals surface area contributed by atoms with Crippen molar-refractivity contribution < 1.29 is 4.79 Å². The molecule has 2 atom stereocenters. The summed E-state index contributed by atoms with van der Waals surface area (Å²) in [6.45, 7) is 6.65. The van der Waals surface area contributed by atoms with E-state index in [0.717, 1.165) is 30.4 Å². The van der Waals surface area contributed by atoms with Crippen LogP contribution in [0.15, 0.2) is 22.8 Å². The minimum absolute atomic E-state index is 0.0000236. The van der Waals surface area contributed by atoms with Crippen molar-refractivity contribution in [2.24, 2.45) is 0 Å². The molecule has 0 saturated carbocycles. The molecule has 1 fully saturated rings. The normalized spacial score (nSPS) is 23.0. The Bertz CT molecular complexity index is 465. The lowest BCUT2D eigenvalue weighted by atomic mass is 10.1. The molecule has 1 aromatic heterocycles. The van der Waals surface area contributed by atoms with Gasteiger partial charge in [0.05, 0.1) is 6.54 Å². The molecule has 1 saturated heterocycles. The summed E-state index contributed by atoms with van der Waals surface area (Å²) in [5.41, 5.74) is 0. The van der Waals surface area contributed by atoms with Crippen molar-refractivity contribution >= 4 is 27.7 Å². The van der Waals surface area contributed by atoms with Crippen LogP contribution in [-0.4, -0.2) is 47.5 Å². The van der Waals surface area contributed by atoms with Crippen LogP contribution in [0.3, 0.4) is 0 Å². The van der Waals surface area contributed by atoms with Gasteiger partial charge in [0.2, 0.25) is 5.91 Å². The molecule has 1 aromatic rings. The molecule has 21 heavy (non-hydrogen) atoms. The van der Waals surface area contributed by atoms with E-state index in [4.69, 9.17) is 0 Å². The molecule has 0 spiro atoms. The molecule has 1 aliphatic rings. The average molecular weight is 355 g/mol. The molecule has 0 bridgehead atoms. The van der Waals surface area contributed by atoms with Gasteiger partial charge in [-0.05, 0) is 40.9 Å². The third-order valence-corrected chi connectivity index (χ3v) is 4.39. The topological polar surface area (TPSA) is 57.3 Å². The lowest BCUT2D eigenvalue weighted by Crippen LogP contribution is -2.57. The van der Waals surface area contributed by atoms with Gasteiger partial charge in [-0.1, -0.05) is 13.8 Å². The van der Waals surface area contributed by atoms with Crippen molar-refractivity contribution in [1.29, 1.82) is 0 Å².